The lowest BCUT2D eigenvalue weighted by atomic mass is 9.87. The van der Waals surface area contributed by atoms with Crippen LogP contribution in [-0.4, -0.2) is 0 Å². The summed E-state index contributed by atoms with van der Waals surface area (Å²) in [5.41, 5.74) is 13.1. The third kappa shape index (κ3) is 8.64. The predicted molar refractivity (Wildman–Crippen MR) is 225 cm³/mol. The summed E-state index contributed by atoms with van der Waals surface area (Å²) < 4.78 is 0. The van der Waals surface area contributed by atoms with Crippen molar-refractivity contribution in [1.82, 2.24) is 0 Å². The van der Waals surface area contributed by atoms with Crippen LogP contribution in [0.15, 0.2) is 218 Å². The van der Waals surface area contributed by atoms with Gasteiger partial charge in [-0.3, -0.25) is 0 Å². The highest BCUT2D eigenvalue weighted by Gasteiger charge is 2.13. The summed E-state index contributed by atoms with van der Waals surface area (Å²) in [6.07, 6.45) is 20.9. The Morgan fingerprint density at radius 3 is 1.35 bits per heavy atom. The molecule has 0 heterocycles. The molecule has 0 bridgehead atoms. The largest absolute Gasteiger partial charge is 0.311 e. The molecule has 0 N–H and O–H groups in total. The summed E-state index contributed by atoms with van der Waals surface area (Å²) in [5, 5.41) is 0. The van der Waals surface area contributed by atoms with Crippen molar-refractivity contribution in [2.24, 2.45) is 5.92 Å². The lowest BCUT2D eigenvalue weighted by Crippen LogP contribution is -2.09. The molecule has 1 nitrogen and oxygen atoms in total. The number of rotatable bonds is 11. The average molecular weight is 670 g/mol. The van der Waals surface area contributed by atoms with Crippen molar-refractivity contribution in [2.75, 3.05) is 4.90 Å². The van der Waals surface area contributed by atoms with E-state index in [1.54, 1.807) is 0 Å². The lowest BCUT2D eigenvalue weighted by molar-refractivity contribution is 0.720. The van der Waals surface area contributed by atoms with Gasteiger partial charge in [0.2, 0.25) is 0 Å². The van der Waals surface area contributed by atoms with E-state index in [1.165, 1.54) is 33.4 Å². The Morgan fingerprint density at radius 2 is 0.885 bits per heavy atom. The second kappa shape index (κ2) is 17.0. The molecule has 6 aromatic rings. The number of nitrogens with zero attached hydrogens (tertiary/aromatic N) is 1. The maximum atomic E-state index is 2.31. The molecule has 252 valence electrons. The van der Waals surface area contributed by atoms with Crippen LogP contribution in [0, 0.1) is 5.92 Å². The summed E-state index contributed by atoms with van der Waals surface area (Å²) in [6, 6.07) is 60.0. The predicted octanol–water partition coefficient (Wildman–Crippen LogP) is 13.9. The molecule has 0 amide bonds. The zero-order valence-corrected chi connectivity index (χ0v) is 29.6. The van der Waals surface area contributed by atoms with Gasteiger partial charge >= 0.3 is 0 Å². The van der Waals surface area contributed by atoms with Gasteiger partial charge in [-0.15, -0.1) is 0 Å². The molecule has 0 spiro atoms. The van der Waals surface area contributed by atoms with E-state index in [0.29, 0.717) is 5.92 Å². The van der Waals surface area contributed by atoms with Gasteiger partial charge < -0.3 is 4.90 Å². The Labute approximate surface area is 309 Å². The van der Waals surface area contributed by atoms with Crippen molar-refractivity contribution in [3.63, 3.8) is 0 Å². The second-order valence-electron chi connectivity index (χ2n) is 13.1. The molecule has 1 unspecified atom stereocenters. The molecular formula is C51H43N. The van der Waals surface area contributed by atoms with E-state index < -0.39 is 0 Å². The Morgan fingerprint density at radius 1 is 0.481 bits per heavy atom. The molecule has 0 saturated heterocycles. The second-order valence-corrected chi connectivity index (χ2v) is 13.1. The Hall–Kier alpha value is -6.44. The van der Waals surface area contributed by atoms with Gasteiger partial charge in [0, 0.05) is 17.1 Å². The molecule has 1 aliphatic rings. The third-order valence-corrected chi connectivity index (χ3v) is 9.30. The smallest absolute Gasteiger partial charge is 0.0462 e. The number of benzene rings is 6. The summed E-state index contributed by atoms with van der Waals surface area (Å²) in [7, 11) is 0. The number of hydrogen-bond acceptors (Lipinski definition) is 1. The normalized spacial score (nSPS) is 14.4. The number of anilines is 3. The molecule has 0 aromatic heterocycles. The summed E-state index contributed by atoms with van der Waals surface area (Å²) in [5.74, 6) is 0.541. The van der Waals surface area contributed by atoms with Gasteiger partial charge in [0.25, 0.3) is 0 Å². The zero-order chi connectivity index (χ0) is 35.4. The number of hydrogen-bond donors (Lipinski definition) is 0. The van der Waals surface area contributed by atoms with Crippen molar-refractivity contribution in [2.45, 2.75) is 13.3 Å². The van der Waals surface area contributed by atoms with Gasteiger partial charge in [-0.05, 0) is 93.3 Å². The minimum Gasteiger partial charge on any atom is -0.311 e. The van der Waals surface area contributed by atoms with E-state index in [2.05, 4.69) is 236 Å². The van der Waals surface area contributed by atoms with E-state index in [1.807, 2.05) is 0 Å². The van der Waals surface area contributed by atoms with Crippen LogP contribution in [0.5, 0.6) is 0 Å². The first-order valence-corrected chi connectivity index (χ1v) is 18.1. The van der Waals surface area contributed by atoms with Crippen molar-refractivity contribution in [3.8, 4) is 0 Å². The monoisotopic (exact) mass is 669 g/mol. The van der Waals surface area contributed by atoms with Gasteiger partial charge in [-0.25, -0.2) is 0 Å². The minimum absolute atomic E-state index is 0.541. The third-order valence-electron chi connectivity index (χ3n) is 9.30. The van der Waals surface area contributed by atoms with Gasteiger partial charge in [0.1, 0.15) is 0 Å². The fourth-order valence-electron chi connectivity index (χ4n) is 6.65. The molecule has 0 aliphatic heterocycles. The van der Waals surface area contributed by atoms with Crippen LogP contribution in [-0.2, 0) is 0 Å². The maximum absolute atomic E-state index is 2.31. The first-order valence-electron chi connectivity index (χ1n) is 18.1. The fraction of sp³-hybridized carbons (Fsp3) is 0.0588. The molecule has 1 aliphatic carbocycles. The molecular weight excluding hydrogens is 627 g/mol. The van der Waals surface area contributed by atoms with Crippen LogP contribution in [0.3, 0.4) is 0 Å². The average Bonchev–Trinajstić information content (AvgIpc) is 3.21. The lowest BCUT2D eigenvalue weighted by Gasteiger charge is -2.25. The zero-order valence-electron chi connectivity index (χ0n) is 29.6. The van der Waals surface area contributed by atoms with Gasteiger partial charge in [-0.1, -0.05) is 195 Å². The standard InChI is InChI=1S/C51H43N/c1-40-17-14-26-46(39-40)51(45-24-10-4-11-25-45)30-16-19-42-33-37-49(38-34-42)52(47-27-12-5-13-28-47)48-35-31-41(32-36-48)18-15-29-50(43-20-6-2-7-21-43)44-22-8-3-9-23-44/h2-38,40H,39H2,1H3/b18-15-,19-16-,51-30+. The van der Waals surface area contributed by atoms with Crippen molar-refractivity contribution < 1.29 is 0 Å². The van der Waals surface area contributed by atoms with Gasteiger partial charge in [-0.2, -0.15) is 0 Å². The maximum Gasteiger partial charge on any atom is 0.0462 e. The van der Waals surface area contributed by atoms with Crippen molar-refractivity contribution in [3.05, 3.63) is 246 Å². The molecule has 6 aromatic carbocycles. The summed E-state index contributed by atoms with van der Waals surface area (Å²) in [6.45, 7) is 2.28. The first-order chi connectivity index (χ1) is 25.7. The van der Waals surface area contributed by atoms with Gasteiger partial charge in [0.05, 0.1) is 0 Å². The topological polar surface area (TPSA) is 3.24 Å². The molecule has 0 saturated carbocycles. The first kappa shape index (κ1) is 34.0. The van der Waals surface area contributed by atoms with Crippen LogP contribution in [0.4, 0.5) is 17.1 Å². The summed E-state index contributed by atoms with van der Waals surface area (Å²) in [4.78, 5) is 2.31. The van der Waals surface area contributed by atoms with Gasteiger partial charge in [0.15, 0.2) is 0 Å². The highest BCUT2D eigenvalue weighted by molar-refractivity contribution is 5.83. The highest BCUT2D eigenvalue weighted by Crippen LogP contribution is 2.35. The fourth-order valence-corrected chi connectivity index (χ4v) is 6.65. The molecule has 52 heavy (non-hydrogen) atoms. The number of allylic oxidation sites excluding steroid dienone is 9. The number of para-hydroxylation sites is 1. The molecule has 1 heteroatoms. The molecule has 0 radical (unpaired) electrons. The molecule has 7 rings (SSSR count). The van der Waals surface area contributed by atoms with Crippen molar-refractivity contribution >= 4 is 40.4 Å². The summed E-state index contributed by atoms with van der Waals surface area (Å²) >= 11 is 0. The Bertz CT molecular complexity index is 2180. The van der Waals surface area contributed by atoms with Crippen LogP contribution in [0.25, 0.3) is 23.3 Å². The van der Waals surface area contributed by atoms with Crippen LogP contribution in [0.2, 0.25) is 0 Å². The quantitative estimate of drug-likeness (QED) is 0.124. The van der Waals surface area contributed by atoms with E-state index in [9.17, 15) is 0 Å². The Kier molecular flexibility index (Phi) is 11.1. The van der Waals surface area contributed by atoms with E-state index in [-0.39, 0.29) is 0 Å². The van der Waals surface area contributed by atoms with E-state index >= 15 is 0 Å². The van der Waals surface area contributed by atoms with Crippen LogP contribution < -0.4 is 4.90 Å². The SMILES string of the molecule is CC1C=CC=C(/C(=C/C=C\c2ccc(N(c3ccccc3)c3ccc(/C=C\C=C(c4ccccc4)c4ccccc4)cc3)cc2)c2ccccc2)C1. The van der Waals surface area contributed by atoms with E-state index in [4.69, 9.17) is 0 Å². The molecule has 0 fully saturated rings. The molecule has 1 atom stereocenters. The van der Waals surface area contributed by atoms with E-state index in [0.717, 1.165) is 34.6 Å². The highest BCUT2D eigenvalue weighted by atomic mass is 15.1. The Balaban J connectivity index is 1.12. The van der Waals surface area contributed by atoms with Crippen LogP contribution in [0.1, 0.15) is 41.2 Å². The minimum atomic E-state index is 0.541. The van der Waals surface area contributed by atoms with Crippen molar-refractivity contribution in [1.29, 1.82) is 0 Å². The van der Waals surface area contributed by atoms with Crippen LogP contribution >= 0.6 is 0 Å².